The fraction of sp³-hybridized carbons (Fsp3) is 0.812. The Morgan fingerprint density at radius 2 is 1.58 bits per heavy atom. The molecular weight excluding hydrogens is 256 g/mol. The van der Waals surface area contributed by atoms with Gasteiger partial charge in [0, 0.05) is 0 Å². The van der Waals surface area contributed by atoms with Gasteiger partial charge in [0.25, 0.3) is 0 Å². The van der Waals surface area contributed by atoms with Crippen molar-refractivity contribution in [1.82, 2.24) is 4.98 Å². The summed E-state index contributed by atoms with van der Waals surface area (Å²) in [7, 11) is 0. The van der Waals surface area contributed by atoms with Crippen LogP contribution in [-0.2, 0) is 0 Å². The van der Waals surface area contributed by atoms with Crippen molar-refractivity contribution in [2.45, 2.75) is 84.1 Å². The third-order valence-electron chi connectivity index (χ3n) is 3.75. The van der Waals surface area contributed by atoms with Crippen LogP contribution in [0.1, 0.15) is 84.1 Å². The van der Waals surface area contributed by atoms with Crippen LogP contribution in [0.15, 0.2) is 18.7 Å². The fourth-order valence-electron chi connectivity index (χ4n) is 2.64. The van der Waals surface area contributed by atoms with Crippen LogP contribution in [0, 0.1) is 0 Å². The lowest BCUT2D eigenvalue weighted by molar-refractivity contribution is -0.723. The van der Waals surface area contributed by atoms with Gasteiger partial charge in [-0.2, -0.15) is 0 Å². The first kappa shape index (κ1) is 18.5. The van der Waals surface area contributed by atoms with Crippen LogP contribution in [0.5, 0.6) is 0 Å². The first-order chi connectivity index (χ1) is 8.88. The van der Waals surface area contributed by atoms with Crippen LogP contribution in [0.2, 0.25) is 0 Å². The molecular formula is C16H31ClN2. The maximum absolute atomic E-state index is 3.16. The third kappa shape index (κ3) is 8.30. The Morgan fingerprint density at radius 3 is 2.16 bits per heavy atom. The molecule has 2 nitrogen and oxygen atoms in total. The Labute approximate surface area is 125 Å². The molecule has 0 aliphatic rings. The predicted molar refractivity (Wildman–Crippen MR) is 77.5 cm³/mol. The van der Waals surface area contributed by atoms with Gasteiger partial charge >= 0.3 is 0 Å². The zero-order valence-electron chi connectivity index (χ0n) is 12.7. The summed E-state index contributed by atoms with van der Waals surface area (Å²) in [5.41, 5.74) is 0. The summed E-state index contributed by atoms with van der Waals surface area (Å²) in [6, 6.07) is 0.705. The van der Waals surface area contributed by atoms with Gasteiger partial charge in [0.1, 0.15) is 18.4 Å². The van der Waals surface area contributed by atoms with Crippen molar-refractivity contribution in [2.75, 3.05) is 0 Å². The molecule has 19 heavy (non-hydrogen) atoms. The Kier molecular flexibility index (Phi) is 12.2. The molecule has 0 aliphatic carbocycles. The number of unbranched alkanes of at least 4 members (excludes halogenated alkanes) is 6. The van der Waals surface area contributed by atoms with Gasteiger partial charge in [0.05, 0.1) is 0 Å². The van der Waals surface area contributed by atoms with Crippen LogP contribution in [0.4, 0.5) is 0 Å². The normalized spacial score (nSPS) is 12.1. The van der Waals surface area contributed by atoms with Gasteiger partial charge in [-0.05, 0) is 19.3 Å². The van der Waals surface area contributed by atoms with Crippen LogP contribution in [-0.4, -0.2) is 4.98 Å². The summed E-state index contributed by atoms with van der Waals surface area (Å²) < 4.78 is 2.35. The number of hydrogen-bond acceptors (Lipinski definition) is 0. The molecule has 1 aromatic rings. The van der Waals surface area contributed by atoms with E-state index in [0.717, 1.165) is 0 Å². The highest BCUT2D eigenvalue weighted by atomic mass is 35.5. The van der Waals surface area contributed by atoms with E-state index in [1.54, 1.807) is 0 Å². The molecule has 1 aromatic heterocycles. The largest absolute Gasteiger partial charge is 1.00 e. The molecule has 0 aromatic carbocycles. The van der Waals surface area contributed by atoms with Crippen LogP contribution >= 0.6 is 0 Å². The number of rotatable bonds is 11. The topological polar surface area (TPSA) is 19.7 Å². The summed E-state index contributed by atoms with van der Waals surface area (Å²) in [5, 5.41) is 0. The first-order valence-corrected chi connectivity index (χ1v) is 7.92. The van der Waals surface area contributed by atoms with E-state index < -0.39 is 0 Å². The number of aromatic amines is 1. The van der Waals surface area contributed by atoms with Crippen LogP contribution in [0.3, 0.4) is 0 Å². The van der Waals surface area contributed by atoms with E-state index in [1.165, 1.54) is 64.2 Å². The SMILES string of the molecule is CCCCCCCCCC(CCC)[n+]1cc[nH]c1.[Cl-]. The molecule has 112 valence electrons. The zero-order valence-corrected chi connectivity index (χ0v) is 13.5. The molecule has 1 rings (SSSR count). The van der Waals surface area contributed by atoms with Crippen molar-refractivity contribution in [2.24, 2.45) is 0 Å². The van der Waals surface area contributed by atoms with Gasteiger partial charge in [0.2, 0.25) is 6.33 Å². The van der Waals surface area contributed by atoms with Gasteiger partial charge in [-0.3, -0.25) is 4.98 Å². The van der Waals surface area contributed by atoms with Crippen molar-refractivity contribution < 1.29 is 17.0 Å². The van der Waals surface area contributed by atoms with E-state index in [-0.39, 0.29) is 12.4 Å². The van der Waals surface area contributed by atoms with Crippen molar-refractivity contribution >= 4 is 0 Å². The predicted octanol–water partition coefficient (Wildman–Crippen LogP) is 1.79. The summed E-state index contributed by atoms with van der Waals surface area (Å²) in [4.78, 5) is 3.16. The quantitative estimate of drug-likeness (QED) is 0.473. The van der Waals surface area contributed by atoms with Gasteiger partial charge in [-0.25, -0.2) is 4.57 Å². The first-order valence-electron chi connectivity index (χ1n) is 7.92. The molecule has 1 heterocycles. The average molecular weight is 287 g/mol. The third-order valence-corrected chi connectivity index (χ3v) is 3.75. The average Bonchev–Trinajstić information content (AvgIpc) is 2.90. The molecule has 0 amide bonds. The number of nitrogens with zero attached hydrogens (tertiary/aromatic N) is 1. The number of aromatic nitrogens is 2. The van der Waals surface area contributed by atoms with E-state index in [9.17, 15) is 0 Å². The number of nitrogens with one attached hydrogen (secondary N) is 1. The maximum atomic E-state index is 3.16. The second-order valence-electron chi connectivity index (χ2n) is 5.41. The minimum atomic E-state index is 0. The lowest BCUT2D eigenvalue weighted by atomic mass is 10.0. The number of hydrogen-bond donors (Lipinski definition) is 1. The van der Waals surface area contributed by atoms with Crippen molar-refractivity contribution in [3.63, 3.8) is 0 Å². The van der Waals surface area contributed by atoms with E-state index in [0.29, 0.717) is 6.04 Å². The van der Waals surface area contributed by atoms with Crippen LogP contribution in [0.25, 0.3) is 0 Å². The maximum Gasteiger partial charge on any atom is 0.241 e. The number of halogens is 1. The van der Waals surface area contributed by atoms with Crippen molar-refractivity contribution in [3.8, 4) is 0 Å². The van der Waals surface area contributed by atoms with Crippen molar-refractivity contribution in [1.29, 1.82) is 0 Å². The smallest absolute Gasteiger partial charge is 0.241 e. The summed E-state index contributed by atoms with van der Waals surface area (Å²) in [6.07, 6.45) is 20.1. The molecule has 0 saturated heterocycles. The molecule has 0 spiro atoms. The molecule has 1 N–H and O–H groups in total. The van der Waals surface area contributed by atoms with E-state index >= 15 is 0 Å². The van der Waals surface area contributed by atoms with Gasteiger partial charge in [-0.15, -0.1) is 0 Å². The molecule has 0 radical (unpaired) electrons. The summed E-state index contributed by atoms with van der Waals surface area (Å²) in [6.45, 7) is 4.56. The van der Waals surface area contributed by atoms with Gasteiger partial charge in [0.15, 0.2) is 0 Å². The molecule has 1 unspecified atom stereocenters. The highest BCUT2D eigenvalue weighted by molar-refractivity contribution is 4.60. The highest BCUT2D eigenvalue weighted by Gasteiger charge is 2.13. The lowest BCUT2D eigenvalue weighted by Crippen LogP contribution is -3.00. The second kappa shape index (κ2) is 12.5. The minimum Gasteiger partial charge on any atom is -1.00 e. The molecule has 1 atom stereocenters. The Morgan fingerprint density at radius 1 is 0.895 bits per heavy atom. The Hall–Kier alpha value is -0.500. The molecule has 0 saturated carbocycles. The summed E-state index contributed by atoms with van der Waals surface area (Å²) in [5.74, 6) is 0. The highest BCUT2D eigenvalue weighted by Crippen LogP contribution is 2.16. The fourth-order valence-corrected chi connectivity index (χ4v) is 2.64. The van der Waals surface area contributed by atoms with Crippen molar-refractivity contribution in [3.05, 3.63) is 18.7 Å². The molecule has 0 aliphatic heterocycles. The molecule has 0 fully saturated rings. The number of imidazole rings is 1. The van der Waals surface area contributed by atoms with Gasteiger partial charge < -0.3 is 12.4 Å². The Balaban J connectivity index is 0.00000324. The van der Waals surface area contributed by atoms with Gasteiger partial charge in [-0.1, -0.05) is 58.8 Å². The zero-order chi connectivity index (χ0) is 13.1. The second-order valence-corrected chi connectivity index (χ2v) is 5.41. The lowest BCUT2D eigenvalue weighted by Gasteiger charge is -2.12. The monoisotopic (exact) mass is 286 g/mol. The Bertz CT molecular complexity index is 272. The minimum absolute atomic E-state index is 0. The standard InChI is InChI=1S/C16H30N2.ClH/c1-3-5-6-7-8-9-10-12-16(11-4-2)18-14-13-17-15-18;/h13-16H,3-12H2,1-2H3;1H. The number of H-pyrrole nitrogens is 1. The van der Waals surface area contributed by atoms with Crippen LogP contribution < -0.4 is 17.0 Å². The van der Waals surface area contributed by atoms with E-state index in [2.05, 4.69) is 35.9 Å². The molecule has 3 heteroatoms. The van der Waals surface area contributed by atoms with E-state index in [4.69, 9.17) is 0 Å². The van der Waals surface area contributed by atoms with E-state index in [1.807, 2.05) is 6.20 Å². The molecule has 0 bridgehead atoms. The summed E-state index contributed by atoms with van der Waals surface area (Å²) >= 11 is 0.